The van der Waals surface area contributed by atoms with E-state index in [1.165, 1.54) is 0 Å². The Kier molecular flexibility index (Phi) is 15.6. The van der Waals surface area contributed by atoms with Gasteiger partial charge in [-0.1, -0.05) is 13.3 Å². The molecule has 23 heavy (non-hydrogen) atoms. The van der Waals surface area contributed by atoms with Gasteiger partial charge in [-0.25, -0.2) is 0 Å². The van der Waals surface area contributed by atoms with E-state index in [0.717, 1.165) is 77.4 Å². The van der Waals surface area contributed by atoms with Gasteiger partial charge < -0.3 is 23.2 Å². The minimum atomic E-state index is -2.01. The highest BCUT2D eigenvalue weighted by Crippen LogP contribution is 2.23. The molecule has 0 N–H and O–H groups in total. The summed E-state index contributed by atoms with van der Waals surface area (Å²) in [5, 5.41) is 0. The first kappa shape index (κ1) is 23.0. The molecule has 0 fully saturated rings. The first-order valence-electron chi connectivity index (χ1n) is 9.16. The van der Waals surface area contributed by atoms with E-state index in [-0.39, 0.29) is 0 Å². The molecule has 0 bridgehead atoms. The van der Waals surface area contributed by atoms with Crippen LogP contribution in [0.5, 0.6) is 0 Å². The molecule has 0 amide bonds. The van der Waals surface area contributed by atoms with Crippen LogP contribution in [0.25, 0.3) is 0 Å². The van der Waals surface area contributed by atoms with Crippen molar-refractivity contribution in [3.8, 4) is 0 Å². The van der Waals surface area contributed by atoms with Crippen molar-refractivity contribution < 1.29 is 18.3 Å². The highest BCUT2D eigenvalue weighted by molar-refractivity contribution is 6.67. The van der Waals surface area contributed by atoms with E-state index in [2.05, 4.69) is 25.7 Å². The van der Waals surface area contributed by atoms with Gasteiger partial charge in [-0.05, 0) is 45.3 Å². The monoisotopic (exact) mass is 349 g/mol. The Labute approximate surface area is 144 Å². The van der Waals surface area contributed by atoms with E-state index in [1.807, 2.05) is 0 Å². The highest BCUT2D eigenvalue weighted by Gasteiger charge is 2.35. The fraction of sp³-hybridized carbons (Fsp3) is 1.00. The summed E-state index contributed by atoms with van der Waals surface area (Å²) in [6.45, 7) is 12.6. The molecule has 0 aromatic rings. The summed E-state index contributed by atoms with van der Waals surface area (Å²) in [6.07, 6.45) is 3.32. The number of nitrogens with zero attached hydrogens (tertiary/aromatic N) is 1. The maximum Gasteiger partial charge on any atom is 0.338 e. The molecule has 0 unspecified atom stereocenters. The molecule has 5 nitrogen and oxygen atoms in total. The van der Waals surface area contributed by atoms with Crippen LogP contribution >= 0.6 is 0 Å². The van der Waals surface area contributed by atoms with Crippen LogP contribution in [0, 0.1) is 0 Å². The third-order valence-corrected chi connectivity index (χ3v) is 7.92. The zero-order valence-electron chi connectivity index (χ0n) is 16.1. The van der Waals surface area contributed by atoms with Gasteiger partial charge in [0.1, 0.15) is 0 Å². The first-order chi connectivity index (χ1) is 11.2. The maximum absolute atomic E-state index is 6.13. The Bertz CT molecular complexity index is 240. The smallest absolute Gasteiger partial charge is 0.338 e. The molecule has 0 rings (SSSR count). The quantitative estimate of drug-likeness (QED) is 0.298. The fourth-order valence-corrected chi connectivity index (χ4v) is 6.34. The molecule has 6 heteroatoms. The van der Waals surface area contributed by atoms with Gasteiger partial charge in [0.15, 0.2) is 0 Å². The number of rotatable bonds is 17. The van der Waals surface area contributed by atoms with E-state index in [0.29, 0.717) is 0 Å². The molecule has 0 aromatic carbocycles. The van der Waals surface area contributed by atoms with Crippen molar-refractivity contribution in [1.82, 2.24) is 4.90 Å². The third-order valence-electron chi connectivity index (χ3n) is 3.91. The van der Waals surface area contributed by atoms with Gasteiger partial charge in [0.05, 0.1) is 6.61 Å². The van der Waals surface area contributed by atoms with Crippen molar-refractivity contribution in [2.45, 2.75) is 52.1 Å². The number of methoxy groups -OCH3 is 2. The van der Waals surface area contributed by atoms with Crippen LogP contribution in [0.1, 0.15) is 40.0 Å². The van der Waals surface area contributed by atoms with Crippen LogP contribution < -0.4 is 0 Å². The summed E-state index contributed by atoms with van der Waals surface area (Å²) in [5.74, 6) is 0. The predicted molar refractivity (Wildman–Crippen MR) is 98.3 cm³/mol. The van der Waals surface area contributed by atoms with Crippen LogP contribution in [0.2, 0.25) is 12.1 Å². The summed E-state index contributed by atoms with van der Waals surface area (Å²) < 4.78 is 22.6. The molecule has 0 heterocycles. The Morgan fingerprint density at radius 2 is 1.35 bits per heavy atom. The number of ether oxygens (including phenoxy) is 2. The lowest BCUT2D eigenvalue weighted by molar-refractivity contribution is 0.131. The topological polar surface area (TPSA) is 40.2 Å². The molecule has 0 saturated heterocycles. The normalized spacial score (nSPS) is 12.3. The molecule has 0 aliphatic carbocycles. The van der Waals surface area contributed by atoms with Crippen molar-refractivity contribution in [3.63, 3.8) is 0 Å². The lowest BCUT2D eigenvalue weighted by atomic mass is 10.3. The van der Waals surface area contributed by atoms with Crippen LogP contribution in [0.3, 0.4) is 0 Å². The van der Waals surface area contributed by atoms with Crippen LogP contribution in [0.15, 0.2) is 0 Å². The van der Waals surface area contributed by atoms with Crippen LogP contribution in [-0.2, 0) is 18.3 Å². The average Bonchev–Trinajstić information content (AvgIpc) is 2.53. The zero-order chi connectivity index (χ0) is 17.4. The molecular weight excluding hydrogens is 310 g/mol. The second kappa shape index (κ2) is 15.5. The van der Waals surface area contributed by atoms with Crippen molar-refractivity contribution in [2.24, 2.45) is 0 Å². The van der Waals surface area contributed by atoms with Crippen LogP contribution in [0.4, 0.5) is 0 Å². The minimum Gasteiger partial charge on any atom is -0.394 e. The van der Waals surface area contributed by atoms with E-state index < -0.39 is 8.56 Å². The second-order valence-corrected chi connectivity index (χ2v) is 9.21. The molecule has 0 spiro atoms. The van der Waals surface area contributed by atoms with Crippen molar-refractivity contribution >= 4 is 8.56 Å². The molecule has 0 atom stereocenters. The van der Waals surface area contributed by atoms with Gasteiger partial charge in [-0.15, -0.1) is 0 Å². The summed E-state index contributed by atoms with van der Waals surface area (Å²) in [5.41, 5.74) is 0. The van der Waals surface area contributed by atoms with Crippen molar-refractivity contribution in [1.29, 1.82) is 0 Å². The van der Waals surface area contributed by atoms with Gasteiger partial charge in [-0.2, -0.15) is 0 Å². The Balaban J connectivity index is 4.40. The summed E-state index contributed by atoms with van der Waals surface area (Å²) in [6, 6.07) is 2.17. The minimum absolute atomic E-state index is 0.757. The zero-order valence-corrected chi connectivity index (χ0v) is 17.1. The van der Waals surface area contributed by atoms with Gasteiger partial charge in [-0.3, -0.25) is 0 Å². The maximum atomic E-state index is 6.13. The first-order valence-corrected chi connectivity index (χ1v) is 11.4. The second-order valence-electron chi connectivity index (χ2n) is 5.81. The molecule has 0 aliphatic rings. The van der Waals surface area contributed by atoms with Gasteiger partial charge in [0.25, 0.3) is 0 Å². The average molecular weight is 350 g/mol. The van der Waals surface area contributed by atoms with Gasteiger partial charge >= 0.3 is 8.56 Å². The van der Waals surface area contributed by atoms with E-state index in [4.69, 9.17) is 18.3 Å². The summed E-state index contributed by atoms with van der Waals surface area (Å²) in [4.78, 5) is 2.46. The summed E-state index contributed by atoms with van der Waals surface area (Å²) in [7, 11) is 1.50. The molecule has 0 saturated carbocycles. The van der Waals surface area contributed by atoms with Crippen LogP contribution in [-0.4, -0.2) is 73.7 Å². The summed E-state index contributed by atoms with van der Waals surface area (Å²) >= 11 is 0. The molecule has 140 valence electrons. The van der Waals surface area contributed by atoms with Crippen molar-refractivity contribution in [2.75, 3.05) is 60.3 Å². The lowest BCUT2D eigenvalue weighted by Crippen LogP contribution is -2.43. The van der Waals surface area contributed by atoms with E-state index in [9.17, 15) is 0 Å². The third kappa shape index (κ3) is 11.2. The van der Waals surface area contributed by atoms with Crippen molar-refractivity contribution in [3.05, 3.63) is 0 Å². The Hall–Kier alpha value is 0.0169. The SMILES string of the molecule is CCC[Si](CCCN(CCCOC)CCOC)(OCC)OCC. The Morgan fingerprint density at radius 3 is 1.87 bits per heavy atom. The molecular formula is C17H39NO4Si. The van der Waals surface area contributed by atoms with Gasteiger partial charge in [0, 0.05) is 47.1 Å². The lowest BCUT2D eigenvalue weighted by Gasteiger charge is -2.31. The molecule has 0 aromatic heterocycles. The predicted octanol–water partition coefficient (Wildman–Crippen LogP) is 3.29. The molecule has 0 aliphatic heterocycles. The standard InChI is InChI=1S/C17H39NO4Si/c1-6-16-23(21-7-2,22-8-3)17-10-12-18(13-15-20-5)11-9-14-19-4/h6-17H2,1-5H3. The fourth-order valence-electron chi connectivity index (χ4n) is 2.92. The number of hydrogen-bond donors (Lipinski definition) is 0. The van der Waals surface area contributed by atoms with E-state index >= 15 is 0 Å². The van der Waals surface area contributed by atoms with E-state index in [1.54, 1.807) is 14.2 Å². The largest absolute Gasteiger partial charge is 0.394 e. The number of hydrogen-bond acceptors (Lipinski definition) is 5. The van der Waals surface area contributed by atoms with Gasteiger partial charge in [0.2, 0.25) is 0 Å². The Morgan fingerprint density at radius 1 is 0.739 bits per heavy atom. The molecule has 0 radical (unpaired) electrons. The highest BCUT2D eigenvalue weighted by atomic mass is 28.4.